The smallest absolute Gasteiger partial charge is 0.340 e. The second-order valence-electron chi connectivity index (χ2n) is 4.24. The summed E-state index contributed by atoms with van der Waals surface area (Å²) in [6.07, 6.45) is 2.88. The minimum atomic E-state index is -0.775. The lowest BCUT2D eigenvalue weighted by Gasteiger charge is -2.11. The highest BCUT2D eigenvalue weighted by molar-refractivity contribution is 5.94. The van der Waals surface area contributed by atoms with E-state index in [4.69, 9.17) is 10.3 Å². The first-order valence-corrected chi connectivity index (χ1v) is 6.52. The molecule has 0 aliphatic carbocycles. The minimum Gasteiger partial charge on any atom is -0.489 e. The molecule has 1 amide bonds. The van der Waals surface area contributed by atoms with Crippen LogP contribution in [0.4, 0.5) is 5.69 Å². The average Bonchev–Trinajstić information content (AvgIpc) is 2.52. The maximum atomic E-state index is 11.6. The third-order valence-corrected chi connectivity index (χ3v) is 2.53. The van der Waals surface area contributed by atoms with Crippen molar-refractivity contribution in [2.24, 2.45) is 5.11 Å². The molecular weight excluding hydrogens is 300 g/mol. The molecule has 120 valence electrons. The van der Waals surface area contributed by atoms with E-state index in [0.29, 0.717) is 17.0 Å². The van der Waals surface area contributed by atoms with Gasteiger partial charge in [-0.25, -0.2) is 4.79 Å². The number of rotatable bonds is 7. The lowest BCUT2D eigenvalue weighted by molar-refractivity contribution is -0.136. The first kappa shape index (κ1) is 17.8. The molecule has 0 saturated heterocycles. The summed E-state index contributed by atoms with van der Waals surface area (Å²) in [6, 6.07) is 4.82. The van der Waals surface area contributed by atoms with Gasteiger partial charge in [0.15, 0.2) is 0 Å². The third kappa shape index (κ3) is 5.56. The molecule has 1 N–H and O–H groups in total. The number of hydrogen-bond acceptors (Lipinski definition) is 5. The Morgan fingerprint density at radius 1 is 1.48 bits per heavy atom. The van der Waals surface area contributed by atoms with Crippen molar-refractivity contribution in [2.75, 3.05) is 19.0 Å². The average molecular weight is 316 g/mol. The van der Waals surface area contributed by atoms with Gasteiger partial charge in [-0.15, -0.1) is 0 Å². The Kier molecular flexibility index (Phi) is 6.90. The van der Waals surface area contributed by atoms with E-state index in [-0.39, 0.29) is 18.2 Å². The molecule has 0 bridgehead atoms. The summed E-state index contributed by atoms with van der Waals surface area (Å²) in [7, 11) is 1.18. The lowest BCUT2D eigenvalue weighted by atomic mass is 10.1. The largest absolute Gasteiger partial charge is 0.489 e. The van der Waals surface area contributed by atoms with Crippen LogP contribution in [0.25, 0.3) is 16.5 Å². The number of ether oxygens (including phenoxy) is 2. The molecule has 1 aromatic carbocycles. The summed E-state index contributed by atoms with van der Waals surface area (Å²) in [5, 5.41) is 5.93. The van der Waals surface area contributed by atoms with Crippen molar-refractivity contribution in [3.05, 3.63) is 52.6 Å². The molecule has 0 unspecified atom stereocenters. The summed E-state index contributed by atoms with van der Waals surface area (Å²) < 4.78 is 10.0. The molecule has 0 aliphatic heterocycles. The molecule has 0 heterocycles. The second kappa shape index (κ2) is 8.91. The quantitative estimate of drug-likeness (QED) is 0.208. The lowest BCUT2D eigenvalue weighted by Crippen LogP contribution is -2.06. The van der Waals surface area contributed by atoms with Crippen LogP contribution in [-0.4, -0.2) is 25.6 Å². The number of amides is 1. The van der Waals surface area contributed by atoms with Crippen molar-refractivity contribution >= 4 is 23.6 Å². The molecule has 0 aliphatic rings. The minimum absolute atomic E-state index is 0.217. The van der Waals surface area contributed by atoms with Gasteiger partial charge in [0, 0.05) is 29.2 Å². The van der Waals surface area contributed by atoms with Gasteiger partial charge in [-0.05, 0) is 23.7 Å². The van der Waals surface area contributed by atoms with Gasteiger partial charge in [0.25, 0.3) is 0 Å². The Morgan fingerprint density at radius 2 is 2.22 bits per heavy atom. The van der Waals surface area contributed by atoms with Crippen LogP contribution in [0.5, 0.6) is 5.75 Å². The third-order valence-electron chi connectivity index (χ3n) is 2.53. The predicted molar refractivity (Wildman–Crippen MR) is 85.6 cm³/mol. The Balaban J connectivity index is 3.30. The van der Waals surface area contributed by atoms with Crippen molar-refractivity contribution in [1.82, 2.24) is 0 Å². The van der Waals surface area contributed by atoms with Crippen LogP contribution in [0.2, 0.25) is 0 Å². The van der Waals surface area contributed by atoms with Gasteiger partial charge in [0.05, 0.1) is 7.11 Å². The monoisotopic (exact) mass is 316 g/mol. The Bertz CT molecular complexity index is 691. The summed E-state index contributed by atoms with van der Waals surface area (Å²) in [6.45, 7) is 5.16. The zero-order valence-electron chi connectivity index (χ0n) is 12.8. The van der Waals surface area contributed by atoms with Crippen molar-refractivity contribution in [1.29, 1.82) is 0 Å². The maximum absolute atomic E-state index is 11.6. The molecule has 8 heteroatoms. The van der Waals surface area contributed by atoms with E-state index in [1.54, 1.807) is 24.3 Å². The van der Waals surface area contributed by atoms with Crippen molar-refractivity contribution in [3.8, 4) is 5.75 Å². The Morgan fingerprint density at radius 3 is 2.78 bits per heavy atom. The molecule has 23 heavy (non-hydrogen) atoms. The fourth-order valence-electron chi connectivity index (χ4n) is 1.64. The van der Waals surface area contributed by atoms with E-state index in [0.717, 1.165) is 0 Å². The van der Waals surface area contributed by atoms with E-state index >= 15 is 0 Å². The number of carbonyl (C=O) groups excluding carboxylic acids is 2. The van der Waals surface area contributed by atoms with Crippen LogP contribution in [0.15, 0.2) is 41.7 Å². The second-order valence-corrected chi connectivity index (χ2v) is 4.24. The van der Waals surface area contributed by atoms with E-state index in [2.05, 4.69) is 26.7 Å². The molecule has 0 radical (unpaired) electrons. The summed E-state index contributed by atoms with van der Waals surface area (Å²) in [5.41, 5.74) is 9.32. The molecule has 0 fully saturated rings. The highest BCUT2D eigenvalue weighted by atomic mass is 16.5. The predicted octanol–water partition coefficient (Wildman–Crippen LogP) is 3.03. The van der Waals surface area contributed by atoms with Gasteiger partial charge in [-0.2, -0.15) is 0 Å². The zero-order chi connectivity index (χ0) is 17.2. The number of nitrogens with one attached hydrogen (secondary N) is 1. The zero-order valence-corrected chi connectivity index (χ0v) is 12.8. The van der Waals surface area contributed by atoms with Crippen molar-refractivity contribution in [2.45, 2.75) is 6.92 Å². The molecule has 1 rings (SSSR count). The molecule has 1 aromatic rings. The summed E-state index contributed by atoms with van der Waals surface area (Å²) >= 11 is 0. The first-order valence-electron chi connectivity index (χ1n) is 6.52. The standard InChI is InChI=1S/C15H16N4O4/c1-4-7-23-14-9-12(17-10(2)20)6-5-11(14)8-13(18-19-16)15(21)22-3/h4-6,8-9H,1,7H2,2-3H3,(H,17,20)/b13-8-. The van der Waals surface area contributed by atoms with Gasteiger partial charge in [0.2, 0.25) is 5.91 Å². The van der Waals surface area contributed by atoms with E-state index in [1.807, 2.05) is 0 Å². The van der Waals surface area contributed by atoms with Gasteiger partial charge in [-0.1, -0.05) is 17.8 Å². The molecule has 0 spiro atoms. The van der Waals surface area contributed by atoms with Crippen molar-refractivity contribution in [3.63, 3.8) is 0 Å². The number of azide groups is 1. The number of carbonyl (C=O) groups is 2. The van der Waals surface area contributed by atoms with Crippen LogP contribution in [0.1, 0.15) is 12.5 Å². The first-order chi connectivity index (χ1) is 11.0. The Labute approximate surface area is 133 Å². The number of esters is 1. The normalized spacial score (nSPS) is 10.3. The number of anilines is 1. The van der Waals surface area contributed by atoms with Crippen LogP contribution in [0, 0.1) is 0 Å². The fourth-order valence-corrected chi connectivity index (χ4v) is 1.64. The van der Waals surface area contributed by atoms with Gasteiger partial charge >= 0.3 is 5.97 Å². The van der Waals surface area contributed by atoms with Crippen LogP contribution < -0.4 is 10.1 Å². The number of nitrogens with zero attached hydrogens (tertiary/aromatic N) is 3. The highest BCUT2D eigenvalue weighted by Gasteiger charge is 2.11. The number of hydrogen-bond donors (Lipinski definition) is 1. The molecule has 8 nitrogen and oxygen atoms in total. The maximum Gasteiger partial charge on any atom is 0.340 e. The van der Waals surface area contributed by atoms with E-state index < -0.39 is 5.97 Å². The Hall–Kier alpha value is -3.25. The van der Waals surface area contributed by atoms with E-state index in [9.17, 15) is 9.59 Å². The van der Waals surface area contributed by atoms with Crippen LogP contribution in [-0.2, 0) is 14.3 Å². The molecule has 0 aromatic heterocycles. The summed E-state index contributed by atoms with van der Waals surface area (Å²) in [5.74, 6) is -0.624. The van der Waals surface area contributed by atoms with E-state index in [1.165, 1.54) is 20.1 Å². The SMILES string of the molecule is C=CCOc1cc(NC(C)=O)ccc1/C=C(\N=[N+]=[N-])C(=O)OC. The number of methoxy groups -OCH3 is 1. The van der Waals surface area contributed by atoms with Gasteiger partial charge in [0.1, 0.15) is 18.1 Å². The molecular formula is C15H16N4O4. The van der Waals surface area contributed by atoms with Crippen LogP contribution in [0.3, 0.4) is 0 Å². The molecule has 0 atom stereocenters. The highest BCUT2D eigenvalue weighted by Crippen LogP contribution is 2.26. The summed E-state index contributed by atoms with van der Waals surface area (Å²) in [4.78, 5) is 25.3. The fraction of sp³-hybridized carbons (Fsp3) is 0.200. The van der Waals surface area contributed by atoms with Crippen molar-refractivity contribution < 1.29 is 19.1 Å². The van der Waals surface area contributed by atoms with Gasteiger partial charge < -0.3 is 14.8 Å². The van der Waals surface area contributed by atoms with Gasteiger partial charge in [-0.3, -0.25) is 4.79 Å². The number of benzene rings is 1. The topological polar surface area (TPSA) is 113 Å². The molecule has 0 saturated carbocycles. The van der Waals surface area contributed by atoms with Crippen LogP contribution >= 0.6 is 0 Å².